The fourth-order valence-corrected chi connectivity index (χ4v) is 3.34. The van der Waals surface area contributed by atoms with Gasteiger partial charge in [-0.05, 0) is 36.0 Å². The van der Waals surface area contributed by atoms with E-state index in [4.69, 9.17) is 7.85 Å². The molecule has 4 unspecified atom stereocenters. The summed E-state index contributed by atoms with van der Waals surface area (Å²) in [6.07, 6.45) is 3.82. The quantitative estimate of drug-likeness (QED) is 0.526. The van der Waals surface area contributed by atoms with Gasteiger partial charge in [0.1, 0.15) is 0 Å². The lowest BCUT2D eigenvalue weighted by molar-refractivity contribution is 0.0512. The third-order valence-corrected chi connectivity index (χ3v) is 4.74. The van der Waals surface area contributed by atoms with Gasteiger partial charge in [0.25, 0.3) is 0 Å². The van der Waals surface area contributed by atoms with Crippen LogP contribution in [-0.2, 0) is 0 Å². The Morgan fingerprint density at radius 1 is 1.00 bits per heavy atom. The summed E-state index contributed by atoms with van der Waals surface area (Å²) in [7, 11) is 6.17. The van der Waals surface area contributed by atoms with Gasteiger partial charge < -0.3 is 0 Å². The molecule has 0 aliphatic heterocycles. The van der Waals surface area contributed by atoms with Crippen molar-refractivity contribution in [2.45, 2.75) is 73.5 Å². The Kier molecular flexibility index (Phi) is 6.74. The van der Waals surface area contributed by atoms with E-state index in [0.717, 1.165) is 11.8 Å². The van der Waals surface area contributed by atoms with Gasteiger partial charge in [0, 0.05) is 0 Å². The Bertz CT molecular complexity index is 186. The van der Waals surface area contributed by atoms with Gasteiger partial charge in [-0.1, -0.05) is 60.7 Å². The van der Waals surface area contributed by atoms with Crippen LogP contribution in [0.25, 0.3) is 0 Å². The minimum absolute atomic E-state index is 0.299. The van der Waals surface area contributed by atoms with E-state index in [1.54, 1.807) is 0 Å². The van der Waals surface area contributed by atoms with Crippen LogP contribution in [0, 0.1) is 23.2 Å². The molecular weight excluding hydrogens is 191 g/mol. The molecule has 0 amide bonds. The first-order chi connectivity index (χ1) is 7.31. The molecule has 94 valence electrons. The van der Waals surface area contributed by atoms with Crippen LogP contribution < -0.4 is 0 Å². The Hall–Kier alpha value is 0.0649. The van der Waals surface area contributed by atoms with Crippen molar-refractivity contribution in [1.29, 1.82) is 0 Å². The first kappa shape index (κ1) is 16.1. The molecule has 0 aromatic heterocycles. The van der Waals surface area contributed by atoms with E-state index >= 15 is 0 Å². The van der Waals surface area contributed by atoms with Crippen molar-refractivity contribution < 1.29 is 0 Å². The molecule has 0 fully saturated rings. The summed E-state index contributed by atoms with van der Waals surface area (Å²) in [4.78, 5) is 0. The maximum atomic E-state index is 6.17. The fourth-order valence-electron chi connectivity index (χ4n) is 3.34. The lowest BCUT2D eigenvalue weighted by atomic mass is 9.55. The maximum Gasteiger partial charge on any atom is 0.0699 e. The summed E-state index contributed by atoms with van der Waals surface area (Å²) in [5.74, 6) is 2.43. The molecule has 0 aromatic carbocycles. The lowest BCUT2D eigenvalue weighted by Crippen LogP contribution is -2.38. The van der Waals surface area contributed by atoms with E-state index in [2.05, 4.69) is 48.5 Å². The van der Waals surface area contributed by atoms with Gasteiger partial charge in [-0.2, -0.15) is 0 Å². The van der Waals surface area contributed by atoms with Gasteiger partial charge in [0.15, 0.2) is 0 Å². The largest absolute Gasteiger partial charge is 0.0771 e. The summed E-state index contributed by atoms with van der Waals surface area (Å²) >= 11 is 0. The highest BCUT2D eigenvalue weighted by Crippen LogP contribution is 2.49. The Balaban J connectivity index is 5.09. The van der Waals surface area contributed by atoms with Crippen LogP contribution in [0.15, 0.2) is 0 Å². The van der Waals surface area contributed by atoms with E-state index < -0.39 is 0 Å². The van der Waals surface area contributed by atoms with Gasteiger partial charge in [0.05, 0.1) is 7.85 Å². The molecule has 2 radical (unpaired) electrons. The third kappa shape index (κ3) is 3.53. The zero-order valence-electron chi connectivity index (χ0n) is 12.5. The minimum atomic E-state index is 0.299. The van der Waals surface area contributed by atoms with Crippen molar-refractivity contribution in [2.75, 3.05) is 0 Å². The van der Waals surface area contributed by atoms with Gasteiger partial charge in [-0.25, -0.2) is 0 Å². The van der Waals surface area contributed by atoms with Gasteiger partial charge in [-0.15, -0.1) is 0 Å². The molecule has 4 atom stereocenters. The van der Waals surface area contributed by atoms with Crippen molar-refractivity contribution in [2.24, 2.45) is 23.2 Å². The average molecular weight is 222 g/mol. The average Bonchev–Trinajstić information content (AvgIpc) is 2.23. The second-order valence-electron chi connectivity index (χ2n) is 6.14. The standard InChI is InChI=1S/C15H31B/c1-8-12(5)15(9-2,10-11(3)4)13(6)14(7)16/h11-14H,8-10H2,1-7H3. The van der Waals surface area contributed by atoms with Crippen molar-refractivity contribution in [1.82, 2.24) is 0 Å². The normalized spacial score (nSPS) is 21.5. The summed E-state index contributed by atoms with van der Waals surface area (Å²) < 4.78 is 0. The van der Waals surface area contributed by atoms with Crippen LogP contribution in [-0.4, -0.2) is 7.85 Å². The molecule has 16 heavy (non-hydrogen) atoms. The van der Waals surface area contributed by atoms with Gasteiger partial charge in [0.2, 0.25) is 0 Å². The summed E-state index contributed by atoms with van der Waals surface area (Å²) in [6.45, 7) is 16.2. The lowest BCUT2D eigenvalue weighted by Gasteiger charge is -2.47. The molecule has 0 aromatic rings. The number of rotatable bonds is 7. The Labute approximate surface area is 105 Å². The molecule has 0 nitrogen and oxygen atoms in total. The monoisotopic (exact) mass is 222 g/mol. The predicted octanol–water partition coefficient (Wildman–Crippen LogP) is 5.09. The Morgan fingerprint density at radius 2 is 1.50 bits per heavy atom. The topological polar surface area (TPSA) is 0 Å². The molecule has 0 aliphatic rings. The van der Waals surface area contributed by atoms with E-state index in [0.29, 0.717) is 17.2 Å². The van der Waals surface area contributed by atoms with Crippen molar-refractivity contribution in [3.05, 3.63) is 0 Å². The molecule has 0 heterocycles. The highest BCUT2D eigenvalue weighted by molar-refractivity contribution is 6.11. The summed E-state index contributed by atoms with van der Waals surface area (Å²) in [5.41, 5.74) is 0.428. The van der Waals surface area contributed by atoms with Crippen molar-refractivity contribution in [3.8, 4) is 0 Å². The van der Waals surface area contributed by atoms with Crippen LogP contribution in [0.1, 0.15) is 67.7 Å². The molecule has 1 heteroatoms. The molecule has 0 N–H and O–H groups in total. The van der Waals surface area contributed by atoms with Crippen molar-refractivity contribution in [3.63, 3.8) is 0 Å². The SMILES string of the molecule is [B]C(C)C(C)C(CC)(CC(C)C)C(C)CC. The third-order valence-electron chi connectivity index (χ3n) is 4.74. The van der Waals surface area contributed by atoms with Crippen molar-refractivity contribution >= 4 is 7.85 Å². The number of hydrogen-bond donors (Lipinski definition) is 0. The first-order valence-corrected chi connectivity index (χ1v) is 7.07. The second kappa shape index (κ2) is 6.72. The second-order valence-corrected chi connectivity index (χ2v) is 6.14. The smallest absolute Gasteiger partial charge is 0.0699 e. The van der Waals surface area contributed by atoms with E-state index in [9.17, 15) is 0 Å². The van der Waals surface area contributed by atoms with E-state index in [-0.39, 0.29) is 0 Å². The first-order valence-electron chi connectivity index (χ1n) is 7.07. The minimum Gasteiger partial charge on any atom is -0.0771 e. The summed E-state index contributed by atoms with van der Waals surface area (Å²) in [5, 5.41) is 0. The predicted molar refractivity (Wildman–Crippen MR) is 76.0 cm³/mol. The van der Waals surface area contributed by atoms with E-state index in [1.807, 2.05) is 0 Å². The van der Waals surface area contributed by atoms with E-state index in [1.165, 1.54) is 19.3 Å². The van der Waals surface area contributed by atoms with Crippen LogP contribution in [0.5, 0.6) is 0 Å². The molecule has 0 rings (SSSR count). The van der Waals surface area contributed by atoms with Gasteiger partial charge in [-0.3, -0.25) is 0 Å². The molecule has 0 aliphatic carbocycles. The molecule has 0 saturated heterocycles. The van der Waals surface area contributed by atoms with Crippen LogP contribution in [0.2, 0.25) is 5.82 Å². The highest BCUT2D eigenvalue weighted by atomic mass is 14.4. The Morgan fingerprint density at radius 3 is 1.75 bits per heavy atom. The summed E-state index contributed by atoms with van der Waals surface area (Å²) in [6, 6.07) is 0. The van der Waals surface area contributed by atoms with Gasteiger partial charge >= 0.3 is 0 Å². The fraction of sp³-hybridized carbons (Fsp3) is 1.00. The molecular formula is C15H31B. The molecule has 0 saturated carbocycles. The zero-order chi connectivity index (χ0) is 12.9. The molecule has 0 spiro atoms. The molecule has 0 bridgehead atoms. The highest BCUT2D eigenvalue weighted by Gasteiger charge is 2.39. The van der Waals surface area contributed by atoms with Crippen LogP contribution in [0.4, 0.5) is 0 Å². The van der Waals surface area contributed by atoms with Crippen LogP contribution >= 0.6 is 0 Å². The maximum absolute atomic E-state index is 6.17. The van der Waals surface area contributed by atoms with Crippen LogP contribution in [0.3, 0.4) is 0 Å². The zero-order valence-corrected chi connectivity index (χ0v) is 12.5. The number of hydrogen-bond acceptors (Lipinski definition) is 0.